The van der Waals surface area contributed by atoms with Crippen molar-refractivity contribution in [2.24, 2.45) is 0 Å². The van der Waals surface area contributed by atoms with Crippen LogP contribution >= 0.6 is 0 Å². The Hall–Kier alpha value is -1.88. The quantitative estimate of drug-likeness (QED) is 0.832. The van der Waals surface area contributed by atoms with E-state index in [2.05, 4.69) is 21.8 Å². The second kappa shape index (κ2) is 5.25. The highest BCUT2D eigenvalue weighted by atomic mass is 16.5. The Morgan fingerprint density at radius 3 is 2.50 bits per heavy atom. The van der Waals surface area contributed by atoms with Gasteiger partial charge in [-0.3, -0.25) is 0 Å². The molecular weight excluding hydrogens is 252 g/mol. The number of rotatable bonds is 2. The molecule has 1 aromatic heterocycles. The minimum absolute atomic E-state index is 0.818. The number of hydrogen-bond acceptors (Lipinski definition) is 5. The molecule has 0 N–H and O–H groups in total. The van der Waals surface area contributed by atoms with Crippen LogP contribution in [0.5, 0.6) is 5.75 Å². The number of ether oxygens (including phenoxy) is 1. The molecule has 0 unspecified atom stereocenters. The molecule has 106 valence electrons. The highest BCUT2D eigenvalue weighted by molar-refractivity contribution is 5.78. The van der Waals surface area contributed by atoms with Crippen molar-refractivity contribution in [1.29, 1.82) is 0 Å². The number of aromatic nitrogens is 2. The Labute approximate surface area is 119 Å². The molecule has 0 atom stereocenters. The van der Waals surface area contributed by atoms with Gasteiger partial charge in [0.2, 0.25) is 0 Å². The maximum atomic E-state index is 5.24. The minimum atomic E-state index is 0.818. The summed E-state index contributed by atoms with van der Waals surface area (Å²) in [6, 6.07) is 5.84. The highest BCUT2D eigenvalue weighted by Crippen LogP contribution is 2.23. The normalized spacial score (nSPS) is 16.6. The van der Waals surface area contributed by atoms with Crippen molar-refractivity contribution in [3.05, 3.63) is 23.9 Å². The lowest BCUT2D eigenvalue weighted by Crippen LogP contribution is -2.45. The third kappa shape index (κ3) is 2.41. The van der Waals surface area contributed by atoms with Crippen molar-refractivity contribution < 1.29 is 4.74 Å². The molecule has 1 aliphatic rings. The third-order valence-corrected chi connectivity index (χ3v) is 3.82. The van der Waals surface area contributed by atoms with E-state index in [1.807, 2.05) is 25.1 Å². The molecule has 0 bridgehead atoms. The molecule has 3 rings (SSSR count). The Kier molecular flexibility index (Phi) is 3.44. The second-order valence-corrected chi connectivity index (χ2v) is 5.28. The Morgan fingerprint density at radius 2 is 1.80 bits per heavy atom. The first-order valence-corrected chi connectivity index (χ1v) is 6.93. The first kappa shape index (κ1) is 13.1. The molecule has 0 spiro atoms. The average molecular weight is 272 g/mol. The lowest BCUT2D eigenvalue weighted by Gasteiger charge is -2.33. The highest BCUT2D eigenvalue weighted by Gasteiger charge is 2.18. The van der Waals surface area contributed by atoms with Crippen molar-refractivity contribution in [3.8, 4) is 5.75 Å². The molecule has 2 aromatic rings. The van der Waals surface area contributed by atoms with Crippen molar-refractivity contribution >= 4 is 16.9 Å². The number of benzene rings is 1. The summed E-state index contributed by atoms with van der Waals surface area (Å²) in [5.41, 5.74) is 2.79. The van der Waals surface area contributed by atoms with E-state index < -0.39 is 0 Å². The molecule has 0 amide bonds. The Morgan fingerprint density at radius 1 is 1.05 bits per heavy atom. The number of fused-ring (bicyclic) bond motifs is 1. The summed E-state index contributed by atoms with van der Waals surface area (Å²) >= 11 is 0. The van der Waals surface area contributed by atoms with Gasteiger partial charge in [-0.2, -0.15) is 0 Å². The molecule has 1 aliphatic heterocycles. The summed E-state index contributed by atoms with van der Waals surface area (Å²) in [6.07, 6.45) is 0. The fourth-order valence-corrected chi connectivity index (χ4v) is 2.56. The van der Waals surface area contributed by atoms with Crippen LogP contribution in [0, 0.1) is 6.92 Å². The van der Waals surface area contributed by atoms with Gasteiger partial charge in [-0.05, 0) is 26.1 Å². The van der Waals surface area contributed by atoms with E-state index in [1.165, 1.54) is 0 Å². The zero-order valence-electron chi connectivity index (χ0n) is 12.3. The van der Waals surface area contributed by atoms with Crippen LogP contribution < -0.4 is 9.64 Å². The molecule has 0 aliphatic carbocycles. The topological polar surface area (TPSA) is 41.5 Å². The summed E-state index contributed by atoms with van der Waals surface area (Å²) in [5.74, 6) is 1.83. The van der Waals surface area contributed by atoms with E-state index >= 15 is 0 Å². The van der Waals surface area contributed by atoms with Crippen LogP contribution in [-0.2, 0) is 0 Å². The number of aryl methyl sites for hydroxylation is 1. The predicted molar refractivity (Wildman–Crippen MR) is 80.5 cm³/mol. The zero-order valence-corrected chi connectivity index (χ0v) is 12.3. The maximum Gasteiger partial charge on any atom is 0.150 e. The fourth-order valence-electron chi connectivity index (χ4n) is 2.56. The molecule has 5 nitrogen and oxygen atoms in total. The number of likely N-dealkylation sites (N-methyl/N-ethyl adjacent to an activating group) is 1. The summed E-state index contributed by atoms with van der Waals surface area (Å²) in [4.78, 5) is 14.1. The van der Waals surface area contributed by atoms with Crippen molar-refractivity contribution in [2.75, 3.05) is 45.2 Å². The first-order chi connectivity index (χ1) is 9.67. The van der Waals surface area contributed by atoms with Gasteiger partial charge in [0.05, 0.1) is 23.8 Å². The first-order valence-electron chi connectivity index (χ1n) is 6.93. The van der Waals surface area contributed by atoms with E-state index in [4.69, 9.17) is 9.72 Å². The number of nitrogens with zero attached hydrogens (tertiary/aromatic N) is 4. The number of piperazine rings is 1. The summed E-state index contributed by atoms with van der Waals surface area (Å²) in [6.45, 7) is 6.18. The average Bonchev–Trinajstić information content (AvgIpc) is 2.47. The predicted octanol–water partition coefficient (Wildman–Crippen LogP) is 1.70. The number of hydrogen-bond donors (Lipinski definition) is 0. The monoisotopic (exact) mass is 272 g/mol. The lowest BCUT2D eigenvalue weighted by atomic mass is 10.2. The van der Waals surface area contributed by atoms with Crippen LogP contribution in [0.4, 0.5) is 5.82 Å². The van der Waals surface area contributed by atoms with E-state index in [-0.39, 0.29) is 0 Å². The molecule has 0 saturated carbocycles. The van der Waals surface area contributed by atoms with Crippen LogP contribution in [0.25, 0.3) is 11.0 Å². The maximum absolute atomic E-state index is 5.24. The van der Waals surface area contributed by atoms with Gasteiger partial charge in [-0.25, -0.2) is 9.97 Å². The molecule has 1 aromatic carbocycles. The van der Waals surface area contributed by atoms with Crippen LogP contribution in [0.3, 0.4) is 0 Å². The van der Waals surface area contributed by atoms with Crippen LogP contribution in [-0.4, -0.2) is 55.2 Å². The molecule has 1 fully saturated rings. The molecule has 20 heavy (non-hydrogen) atoms. The zero-order chi connectivity index (χ0) is 14.1. The summed E-state index contributed by atoms with van der Waals surface area (Å²) < 4.78 is 5.24. The van der Waals surface area contributed by atoms with Crippen molar-refractivity contribution in [1.82, 2.24) is 14.9 Å². The van der Waals surface area contributed by atoms with Gasteiger partial charge in [-0.15, -0.1) is 0 Å². The number of anilines is 1. The second-order valence-electron chi connectivity index (χ2n) is 5.28. The van der Waals surface area contributed by atoms with Gasteiger partial charge >= 0.3 is 0 Å². The largest absolute Gasteiger partial charge is 0.497 e. The summed E-state index contributed by atoms with van der Waals surface area (Å²) in [5, 5.41) is 0. The van der Waals surface area contributed by atoms with E-state index in [9.17, 15) is 0 Å². The van der Waals surface area contributed by atoms with Crippen molar-refractivity contribution in [2.45, 2.75) is 6.92 Å². The van der Waals surface area contributed by atoms with Crippen LogP contribution in [0.2, 0.25) is 0 Å². The Balaban J connectivity index is 1.97. The Bertz CT molecular complexity index is 621. The van der Waals surface area contributed by atoms with Gasteiger partial charge in [0.1, 0.15) is 5.75 Å². The molecule has 1 saturated heterocycles. The smallest absolute Gasteiger partial charge is 0.150 e. The third-order valence-electron chi connectivity index (χ3n) is 3.82. The van der Waals surface area contributed by atoms with Crippen LogP contribution in [0.15, 0.2) is 18.2 Å². The van der Waals surface area contributed by atoms with Gasteiger partial charge in [-0.1, -0.05) is 0 Å². The van der Waals surface area contributed by atoms with E-state index in [1.54, 1.807) is 7.11 Å². The molecule has 5 heteroatoms. The SMILES string of the molecule is COc1ccc2nc(N3CCN(C)CC3)c(C)nc2c1. The van der Waals surface area contributed by atoms with Crippen molar-refractivity contribution in [3.63, 3.8) is 0 Å². The minimum Gasteiger partial charge on any atom is -0.497 e. The molecule has 2 heterocycles. The fraction of sp³-hybridized carbons (Fsp3) is 0.467. The number of methoxy groups -OCH3 is 1. The van der Waals surface area contributed by atoms with Gasteiger partial charge < -0.3 is 14.5 Å². The van der Waals surface area contributed by atoms with Gasteiger partial charge in [0.15, 0.2) is 5.82 Å². The standard InChI is InChI=1S/C15H20N4O/c1-11-15(19-8-6-18(2)7-9-19)17-13-5-4-12(20-3)10-14(13)16-11/h4-5,10H,6-9H2,1-3H3. The molecule has 0 radical (unpaired) electrons. The lowest BCUT2D eigenvalue weighted by molar-refractivity contribution is 0.312. The molecular formula is C15H20N4O. The van der Waals surface area contributed by atoms with Crippen LogP contribution in [0.1, 0.15) is 5.69 Å². The summed E-state index contributed by atoms with van der Waals surface area (Å²) in [7, 11) is 3.82. The van der Waals surface area contributed by atoms with Gasteiger partial charge in [0.25, 0.3) is 0 Å². The van der Waals surface area contributed by atoms with E-state index in [0.717, 1.165) is 54.5 Å². The van der Waals surface area contributed by atoms with E-state index in [0.29, 0.717) is 0 Å². The van der Waals surface area contributed by atoms with Gasteiger partial charge in [0, 0.05) is 32.2 Å².